The highest BCUT2D eigenvalue weighted by molar-refractivity contribution is 6.33. The Morgan fingerprint density at radius 2 is 1.58 bits per heavy atom. The van der Waals surface area contributed by atoms with E-state index in [0.717, 1.165) is 22.4 Å². The smallest absolute Gasteiger partial charge is 0.123 e. The number of nitrogens with one attached hydrogen (secondary N) is 1. The van der Waals surface area contributed by atoms with Gasteiger partial charge in [0.15, 0.2) is 0 Å². The number of nitrogens with zero attached hydrogens (tertiary/aromatic N) is 1. The summed E-state index contributed by atoms with van der Waals surface area (Å²) in [5, 5.41) is 14.7. The number of phenols is 1. The maximum Gasteiger partial charge on any atom is 0.123 e. The maximum absolute atomic E-state index is 10.8. The van der Waals surface area contributed by atoms with Gasteiger partial charge in [0.2, 0.25) is 0 Å². The Balaban J connectivity index is 2.41. The van der Waals surface area contributed by atoms with Crippen molar-refractivity contribution in [2.24, 2.45) is 0 Å². The van der Waals surface area contributed by atoms with Crippen LogP contribution in [-0.2, 0) is 17.4 Å². The van der Waals surface area contributed by atoms with Crippen molar-refractivity contribution in [3.63, 3.8) is 0 Å². The third kappa shape index (κ3) is 4.21. The van der Waals surface area contributed by atoms with Gasteiger partial charge in [0.25, 0.3) is 0 Å². The van der Waals surface area contributed by atoms with Crippen LogP contribution in [-0.4, -0.2) is 10.1 Å². The maximum atomic E-state index is 10.8. The number of aromatic nitrogens is 1. The van der Waals surface area contributed by atoms with Gasteiger partial charge in [0.1, 0.15) is 5.75 Å². The molecule has 130 valence electrons. The predicted octanol–water partition coefficient (Wildman–Crippen LogP) is 5.65. The zero-order chi connectivity index (χ0) is 18.1. The zero-order valence-corrected chi connectivity index (χ0v) is 16.1. The van der Waals surface area contributed by atoms with E-state index in [0.29, 0.717) is 17.3 Å². The highest BCUT2D eigenvalue weighted by atomic mass is 35.5. The fraction of sp³-hybridized carbons (Fsp3) is 0.450. The van der Waals surface area contributed by atoms with Crippen LogP contribution in [0.1, 0.15) is 58.2 Å². The van der Waals surface area contributed by atoms with Crippen LogP contribution in [0.4, 0.5) is 5.69 Å². The standard InChI is InChI=1S/C20H27ClN2O/c1-19(2,3)14-9-13(10-15(18(14)24)20(4,5)6)11-23-17-12-22-8-7-16(17)21/h7-10,12,23-24H,11H2,1-6H3. The first-order valence-corrected chi connectivity index (χ1v) is 8.58. The number of anilines is 1. The van der Waals surface area contributed by atoms with E-state index in [1.54, 1.807) is 18.5 Å². The average Bonchev–Trinajstić information content (AvgIpc) is 2.45. The van der Waals surface area contributed by atoms with Crippen LogP contribution < -0.4 is 5.32 Å². The highest BCUT2D eigenvalue weighted by Gasteiger charge is 2.26. The monoisotopic (exact) mass is 346 g/mol. The molecule has 2 aromatic rings. The molecular weight excluding hydrogens is 320 g/mol. The molecule has 0 atom stereocenters. The lowest BCUT2D eigenvalue weighted by atomic mass is 9.78. The van der Waals surface area contributed by atoms with Crippen molar-refractivity contribution in [1.82, 2.24) is 4.98 Å². The van der Waals surface area contributed by atoms with Crippen LogP contribution in [0, 0.1) is 0 Å². The number of aromatic hydroxyl groups is 1. The van der Waals surface area contributed by atoms with Gasteiger partial charge < -0.3 is 10.4 Å². The summed E-state index contributed by atoms with van der Waals surface area (Å²) in [6, 6.07) is 5.91. The summed E-state index contributed by atoms with van der Waals surface area (Å²) in [5.74, 6) is 0.401. The van der Waals surface area contributed by atoms with E-state index in [2.05, 4.69) is 64.0 Å². The summed E-state index contributed by atoms with van der Waals surface area (Å²) < 4.78 is 0. The molecule has 3 nitrogen and oxygen atoms in total. The predicted molar refractivity (Wildman–Crippen MR) is 102 cm³/mol. The van der Waals surface area contributed by atoms with Crippen LogP contribution in [0.2, 0.25) is 5.02 Å². The van der Waals surface area contributed by atoms with E-state index in [-0.39, 0.29) is 10.8 Å². The van der Waals surface area contributed by atoms with Crippen LogP contribution in [0.5, 0.6) is 5.75 Å². The van der Waals surface area contributed by atoms with E-state index in [1.807, 2.05) is 0 Å². The van der Waals surface area contributed by atoms with Crippen LogP contribution >= 0.6 is 11.6 Å². The summed E-state index contributed by atoms with van der Waals surface area (Å²) >= 11 is 6.18. The van der Waals surface area contributed by atoms with Gasteiger partial charge >= 0.3 is 0 Å². The van der Waals surface area contributed by atoms with E-state index in [9.17, 15) is 5.11 Å². The van der Waals surface area contributed by atoms with Gasteiger partial charge in [-0.15, -0.1) is 0 Å². The normalized spacial score (nSPS) is 12.3. The first-order valence-electron chi connectivity index (χ1n) is 8.20. The van der Waals surface area contributed by atoms with Crippen molar-refractivity contribution >= 4 is 17.3 Å². The minimum atomic E-state index is -0.133. The second kappa shape index (κ2) is 6.64. The van der Waals surface area contributed by atoms with Gasteiger partial charge in [-0.25, -0.2) is 0 Å². The quantitative estimate of drug-likeness (QED) is 0.755. The van der Waals surface area contributed by atoms with Gasteiger partial charge in [0.05, 0.1) is 16.9 Å². The topological polar surface area (TPSA) is 45.2 Å². The molecule has 0 radical (unpaired) electrons. The number of benzene rings is 1. The molecule has 0 unspecified atom stereocenters. The Morgan fingerprint density at radius 1 is 1.04 bits per heavy atom. The van der Waals surface area contributed by atoms with Crippen molar-refractivity contribution in [2.45, 2.75) is 58.9 Å². The molecule has 1 heterocycles. The van der Waals surface area contributed by atoms with Crippen LogP contribution in [0.25, 0.3) is 0 Å². The molecule has 4 heteroatoms. The first-order chi connectivity index (χ1) is 11.0. The lowest BCUT2D eigenvalue weighted by molar-refractivity contribution is 0.423. The molecule has 24 heavy (non-hydrogen) atoms. The molecule has 0 amide bonds. The minimum absolute atomic E-state index is 0.133. The van der Waals surface area contributed by atoms with E-state index >= 15 is 0 Å². The largest absolute Gasteiger partial charge is 0.507 e. The zero-order valence-electron chi connectivity index (χ0n) is 15.4. The van der Waals surface area contributed by atoms with Crippen LogP contribution in [0.15, 0.2) is 30.6 Å². The molecule has 0 spiro atoms. The second-order valence-electron chi connectivity index (χ2n) is 8.25. The minimum Gasteiger partial charge on any atom is -0.507 e. The van der Waals surface area contributed by atoms with Gasteiger partial charge in [-0.1, -0.05) is 53.1 Å². The number of hydrogen-bond acceptors (Lipinski definition) is 3. The Hall–Kier alpha value is -1.74. The number of phenolic OH excluding ortho intramolecular Hbond substituents is 1. The summed E-state index contributed by atoms with van der Waals surface area (Å²) in [5.41, 5.74) is 3.58. The van der Waals surface area contributed by atoms with Crippen molar-refractivity contribution in [3.8, 4) is 5.75 Å². The number of halogens is 1. The lowest BCUT2D eigenvalue weighted by Crippen LogP contribution is -2.18. The summed E-state index contributed by atoms with van der Waals surface area (Å²) in [6.45, 7) is 13.3. The van der Waals surface area contributed by atoms with Gasteiger partial charge in [0, 0.05) is 12.7 Å². The molecule has 0 fully saturated rings. The third-order valence-corrected chi connectivity index (χ3v) is 4.37. The SMILES string of the molecule is CC(C)(C)c1cc(CNc2cnccc2Cl)cc(C(C)(C)C)c1O. The Bertz CT molecular complexity index is 692. The molecule has 2 N–H and O–H groups in total. The molecule has 0 saturated heterocycles. The van der Waals surface area contributed by atoms with Gasteiger partial charge in [-0.05, 0) is 45.7 Å². The molecule has 0 bridgehead atoms. The fourth-order valence-corrected chi connectivity index (χ4v) is 2.82. The van der Waals surface area contributed by atoms with Gasteiger partial charge in [-0.3, -0.25) is 4.98 Å². The van der Waals surface area contributed by atoms with E-state index in [4.69, 9.17) is 11.6 Å². The lowest BCUT2D eigenvalue weighted by Gasteiger charge is -2.28. The second-order valence-corrected chi connectivity index (χ2v) is 8.66. The fourth-order valence-electron chi connectivity index (χ4n) is 2.64. The van der Waals surface area contributed by atoms with Crippen LogP contribution in [0.3, 0.4) is 0 Å². The molecule has 0 aliphatic carbocycles. The summed E-state index contributed by atoms with van der Waals surface area (Å²) in [4.78, 5) is 4.10. The van der Waals surface area contributed by atoms with E-state index in [1.165, 1.54) is 0 Å². The van der Waals surface area contributed by atoms with Crippen molar-refractivity contribution in [1.29, 1.82) is 0 Å². The molecule has 0 saturated carbocycles. The Labute approximate surface area is 150 Å². The number of pyridine rings is 1. The molecular formula is C20H27ClN2O. The Kier molecular flexibility index (Phi) is 5.14. The molecule has 2 rings (SSSR count). The van der Waals surface area contributed by atoms with Crippen molar-refractivity contribution < 1.29 is 5.11 Å². The summed E-state index contributed by atoms with van der Waals surface area (Å²) in [6.07, 6.45) is 3.39. The molecule has 0 aliphatic heterocycles. The van der Waals surface area contributed by atoms with Gasteiger partial charge in [-0.2, -0.15) is 0 Å². The summed E-state index contributed by atoms with van der Waals surface area (Å²) in [7, 11) is 0. The Morgan fingerprint density at radius 3 is 2.04 bits per heavy atom. The van der Waals surface area contributed by atoms with E-state index < -0.39 is 0 Å². The first kappa shape index (κ1) is 18.6. The molecule has 0 aliphatic rings. The number of rotatable bonds is 3. The molecule has 1 aromatic heterocycles. The number of hydrogen-bond donors (Lipinski definition) is 2. The van der Waals surface area contributed by atoms with Crippen molar-refractivity contribution in [2.75, 3.05) is 5.32 Å². The third-order valence-electron chi connectivity index (χ3n) is 4.04. The van der Waals surface area contributed by atoms with Crippen molar-refractivity contribution in [3.05, 3.63) is 52.3 Å². The average molecular weight is 347 g/mol. The molecule has 1 aromatic carbocycles. The highest BCUT2D eigenvalue weighted by Crippen LogP contribution is 2.39.